The monoisotopic (exact) mass is 533 g/mol. The van der Waals surface area contributed by atoms with Gasteiger partial charge in [-0.3, -0.25) is 0 Å². The summed E-state index contributed by atoms with van der Waals surface area (Å²) in [6.45, 7) is 3.57. The van der Waals surface area contributed by atoms with Crippen LogP contribution in [0.5, 0.6) is 0 Å². The molecule has 0 bridgehead atoms. The van der Waals surface area contributed by atoms with E-state index in [-0.39, 0.29) is 17.9 Å². The normalized spacial score (nSPS) is 23.4. The van der Waals surface area contributed by atoms with Crippen molar-refractivity contribution in [2.75, 3.05) is 11.9 Å². The van der Waals surface area contributed by atoms with Crippen LogP contribution in [0.2, 0.25) is 0 Å². The third-order valence-corrected chi connectivity index (χ3v) is 7.23. The molecule has 1 heterocycles. The minimum Gasteiger partial charge on any atom is -0.464 e. The topological polar surface area (TPSA) is 47.6 Å². The molecular formula is C29H28F5NO3. The predicted octanol–water partition coefficient (Wildman–Crippen LogP) is 7.17. The van der Waals surface area contributed by atoms with E-state index in [0.717, 1.165) is 13.0 Å². The second-order valence-electron chi connectivity index (χ2n) is 9.43. The number of halogens is 5. The van der Waals surface area contributed by atoms with Gasteiger partial charge in [-0.05, 0) is 36.6 Å². The average molecular weight is 534 g/mol. The van der Waals surface area contributed by atoms with Crippen LogP contribution in [0.15, 0.2) is 72.8 Å². The second kappa shape index (κ2) is 10.7. The summed E-state index contributed by atoms with van der Waals surface area (Å²) in [7, 11) is 0. The van der Waals surface area contributed by atoms with Crippen molar-refractivity contribution in [2.45, 2.75) is 50.6 Å². The molecule has 4 nitrogen and oxygen atoms in total. The number of nitrogens with one attached hydrogen (secondary N) is 1. The van der Waals surface area contributed by atoms with Crippen molar-refractivity contribution < 1.29 is 36.2 Å². The molecule has 1 fully saturated rings. The molecule has 4 atom stereocenters. The zero-order valence-corrected chi connectivity index (χ0v) is 21.1. The number of carbonyl (C=O) groups excluding carboxylic acids is 1. The summed E-state index contributed by atoms with van der Waals surface area (Å²) in [6, 6.07) is 19.3. The highest BCUT2D eigenvalue weighted by molar-refractivity contribution is 5.78. The van der Waals surface area contributed by atoms with Crippen LogP contribution < -0.4 is 5.32 Å². The fourth-order valence-corrected chi connectivity index (χ4v) is 5.01. The molecule has 0 unspecified atom stereocenters. The van der Waals surface area contributed by atoms with Gasteiger partial charge in [0.25, 0.3) is 0 Å². The van der Waals surface area contributed by atoms with Crippen LogP contribution in [0.4, 0.5) is 27.6 Å². The van der Waals surface area contributed by atoms with Crippen molar-refractivity contribution in [2.24, 2.45) is 5.92 Å². The molecule has 0 aromatic heterocycles. The molecule has 202 valence electrons. The second-order valence-corrected chi connectivity index (χ2v) is 9.43. The van der Waals surface area contributed by atoms with Gasteiger partial charge in [0.1, 0.15) is 0 Å². The lowest BCUT2D eigenvalue weighted by Gasteiger charge is -2.32. The minimum atomic E-state index is -4.84. The number of alkyl halides is 3. The molecular weight excluding hydrogens is 505 g/mol. The van der Waals surface area contributed by atoms with Gasteiger partial charge in [-0.1, -0.05) is 73.7 Å². The van der Waals surface area contributed by atoms with Crippen molar-refractivity contribution in [1.29, 1.82) is 0 Å². The fourth-order valence-electron chi connectivity index (χ4n) is 5.01. The SMILES string of the molecule is CCOC(=O)[C@@H]1O[C@@](C)(C(F)(F)F)[C@@H](C)[C@H]1c1ccc(F)c(F)c1NC(c1ccccc1)c1ccccc1. The Kier molecular flexibility index (Phi) is 7.78. The van der Waals surface area contributed by atoms with E-state index < -0.39 is 53.4 Å². The third-order valence-electron chi connectivity index (χ3n) is 7.23. The Morgan fingerprint density at radius 2 is 1.55 bits per heavy atom. The van der Waals surface area contributed by atoms with Gasteiger partial charge in [0.05, 0.1) is 18.3 Å². The van der Waals surface area contributed by atoms with Crippen LogP contribution >= 0.6 is 0 Å². The van der Waals surface area contributed by atoms with Crippen molar-refractivity contribution in [3.8, 4) is 0 Å². The number of rotatable bonds is 7. The van der Waals surface area contributed by atoms with Crippen LogP contribution in [0.25, 0.3) is 0 Å². The van der Waals surface area contributed by atoms with Crippen LogP contribution in [-0.4, -0.2) is 30.5 Å². The smallest absolute Gasteiger partial charge is 0.417 e. The van der Waals surface area contributed by atoms with E-state index in [2.05, 4.69) is 5.32 Å². The minimum absolute atomic E-state index is 0.0145. The molecule has 1 saturated heterocycles. The molecule has 4 rings (SSSR count). The van der Waals surface area contributed by atoms with Gasteiger partial charge in [-0.25, -0.2) is 13.6 Å². The first-order valence-electron chi connectivity index (χ1n) is 12.2. The zero-order chi connectivity index (χ0) is 27.7. The summed E-state index contributed by atoms with van der Waals surface area (Å²) < 4.78 is 83.0. The predicted molar refractivity (Wildman–Crippen MR) is 133 cm³/mol. The summed E-state index contributed by atoms with van der Waals surface area (Å²) in [5.74, 6) is -6.08. The number of carbonyl (C=O) groups is 1. The molecule has 3 aromatic rings. The van der Waals surface area contributed by atoms with Gasteiger partial charge in [-0.15, -0.1) is 0 Å². The molecule has 9 heteroatoms. The fraction of sp³-hybridized carbons (Fsp3) is 0.345. The van der Waals surface area contributed by atoms with Gasteiger partial charge in [0.2, 0.25) is 0 Å². The molecule has 3 aromatic carbocycles. The maximum absolute atomic E-state index is 15.5. The maximum Gasteiger partial charge on any atom is 0.417 e. The van der Waals surface area contributed by atoms with Gasteiger partial charge < -0.3 is 14.8 Å². The van der Waals surface area contributed by atoms with E-state index in [9.17, 15) is 22.4 Å². The van der Waals surface area contributed by atoms with Crippen LogP contribution in [-0.2, 0) is 14.3 Å². The summed E-state index contributed by atoms with van der Waals surface area (Å²) >= 11 is 0. The molecule has 38 heavy (non-hydrogen) atoms. The van der Waals surface area contributed by atoms with E-state index in [0.29, 0.717) is 11.1 Å². The van der Waals surface area contributed by atoms with Gasteiger partial charge in [-0.2, -0.15) is 13.2 Å². The molecule has 0 saturated carbocycles. The molecule has 0 radical (unpaired) electrons. The zero-order valence-electron chi connectivity index (χ0n) is 21.1. The number of hydrogen-bond acceptors (Lipinski definition) is 4. The first kappa shape index (κ1) is 27.6. The summed E-state index contributed by atoms with van der Waals surface area (Å²) in [5, 5.41) is 3.04. The maximum atomic E-state index is 15.5. The van der Waals surface area contributed by atoms with Crippen molar-refractivity contribution in [1.82, 2.24) is 0 Å². The quantitative estimate of drug-likeness (QED) is 0.258. The Balaban J connectivity index is 1.88. The Bertz CT molecular complexity index is 1230. The van der Waals surface area contributed by atoms with E-state index in [4.69, 9.17) is 9.47 Å². The largest absolute Gasteiger partial charge is 0.464 e. The van der Waals surface area contributed by atoms with E-state index in [1.54, 1.807) is 60.7 Å². The molecule has 1 N–H and O–H groups in total. The third kappa shape index (κ3) is 4.99. The Hall–Kier alpha value is -3.46. The Morgan fingerprint density at radius 1 is 1.00 bits per heavy atom. The van der Waals surface area contributed by atoms with Crippen LogP contribution in [0, 0.1) is 17.6 Å². The first-order chi connectivity index (χ1) is 18.0. The number of anilines is 1. The van der Waals surface area contributed by atoms with Gasteiger partial charge in [0, 0.05) is 11.8 Å². The van der Waals surface area contributed by atoms with Crippen LogP contribution in [0.1, 0.15) is 49.4 Å². The molecule has 0 amide bonds. The van der Waals surface area contributed by atoms with E-state index in [1.165, 1.54) is 19.9 Å². The highest BCUT2D eigenvalue weighted by Gasteiger charge is 2.66. The highest BCUT2D eigenvalue weighted by atomic mass is 19.4. The first-order valence-corrected chi connectivity index (χ1v) is 12.2. The van der Waals surface area contributed by atoms with Crippen molar-refractivity contribution in [3.05, 3.63) is 101 Å². The average Bonchev–Trinajstić information content (AvgIpc) is 3.18. The lowest BCUT2D eigenvalue weighted by Crippen LogP contribution is -2.47. The summed E-state index contributed by atoms with van der Waals surface area (Å²) in [5.41, 5.74) is -1.66. The van der Waals surface area contributed by atoms with E-state index in [1.807, 2.05) is 0 Å². The van der Waals surface area contributed by atoms with Crippen LogP contribution in [0.3, 0.4) is 0 Å². The van der Waals surface area contributed by atoms with Crippen molar-refractivity contribution >= 4 is 11.7 Å². The lowest BCUT2D eigenvalue weighted by atomic mass is 9.76. The number of benzene rings is 3. The van der Waals surface area contributed by atoms with E-state index >= 15 is 4.39 Å². The number of hydrogen-bond donors (Lipinski definition) is 1. The molecule has 1 aliphatic heterocycles. The molecule has 0 spiro atoms. The lowest BCUT2D eigenvalue weighted by molar-refractivity contribution is -0.274. The standard InChI is InChI=1S/C29H28F5NO3/c1-4-37-27(36)26-22(17(2)28(3,38-26)29(32,33)34)20-15-16-21(30)23(31)25(20)35-24(18-11-7-5-8-12-18)19-13-9-6-10-14-19/h5-17,22,24,26,35H,4H2,1-3H3/t17-,22-,26+,28+/m0/s1. The van der Waals surface area contributed by atoms with Gasteiger partial charge >= 0.3 is 12.1 Å². The molecule has 0 aliphatic carbocycles. The Morgan fingerprint density at radius 3 is 2.05 bits per heavy atom. The van der Waals surface area contributed by atoms with Gasteiger partial charge in [0.15, 0.2) is 23.3 Å². The summed E-state index contributed by atoms with van der Waals surface area (Å²) in [6.07, 6.45) is -6.52. The number of esters is 1. The number of ether oxygens (including phenoxy) is 2. The summed E-state index contributed by atoms with van der Waals surface area (Å²) in [4.78, 5) is 12.8. The van der Waals surface area contributed by atoms with Crippen molar-refractivity contribution in [3.63, 3.8) is 0 Å². The highest BCUT2D eigenvalue weighted by Crippen LogP contribution is 2.55. The Labute approximate surface area is 217 Å². The molecule has 1 aliphatic rings.